The molecule has 6 nitrogen and oxygen atoms in total. The molecule has 2 unspecified atom stereocenters. The van der Waals surface area contributed by atoms with Gasteiger partial charge in [0.05, 0.1) is 17.6 Å². The molecule has 4 rings (SSSR count). The lowest BCUT2D eigenvalue weighted by atomic mass is 9.93. The summed E-state index contributed by atoms with van der Waals surface area (Å²) in [6.07, 6.45) is -4.48. The number of benzene rings is 4. The van der Waals surface area contributed by atoms with Crippen LogP contribution < -0.4 is 21.3 Å². The van der Waals surface area contributed by atoms with Crippen LogP contribution in [0.25, 0.3) is 0 Å². The van der Waals surface area contributed by atoms with Crippen molar-refractivity contribution < 1.29 is 22.8 Å². The van der Waals surface area contributed by atoms with E-state index < -0.39 is 35.9 Å². The first-order valence-electron chi connectivity index (χ1n) is 11.8. The molecule has 0 aliphatic carbocycles. The molecule has 0 heterocycles. The number of halogens is 3. The van der Waals surface area contributed by atoms with Crippen molar-refractivity contribution >= 4 is 23.4 Å². The number of para-hydroxylation sites is 1. The number of urea groups is 2. The van der Waals surface area contributed by atoms with Gasteiger partial charge >= 0.3 is 18.2 Å². The largest absolute Gasteiger partial charge is 0.416 e. The van der Waals surface area contributed by atoms with Gasteiger partial charge in [-0.25, -0.2) is 9.59 Å². The summed E-state index contributed by atoms with van der Waals surface area (Å²) in [5, 5.41) is 11.2. The lowest BCUT2D eigenvalue weighted by Gasteiger charge is -2.30. The summed E-state index contributed by atoms with van der Waals surface area (Å²) in [4.78, 5) is 26.0. The zero-order valence-electron chi connectivity index (χ0n) is 20.1. The first-order chi connectivity index (χ1) is 18.3. The molecule has 0 bridgehead atoms. The van der Waals surface area contributed by atoms with E-state index in [0.29, 0.717) is 11.3 Å². The van der Waals surface area contributed by atoms with E-state index in [1.807, 2.05) is 66.7 Å². The molecule has 38 heavy (non-hydrogen) atoms. The van der Waals surface area contributed by atoms with Gasteiger partial charge in [-0.15, -0.1) is 0 Å². The lowest BCUT2D eigenvalue weighted by molar-refractivity contribution is -0.137. The highest BCUT2D eigenvalue weighted by Crippen LogP contribution is 2.31. The summed E-state index contributed by atoms with van der Waals surface area (Å²) >= 11 is 0. The van der Waals surface area contributed by atoms with Crippen LogP contribution in [-0.4, -0.2) is 12.1 Å². The minimum Gasteiger partial charge on any atom is -0.329 e. The Labute approximate surface area is 217 Å². The Bertz CT molecular complexity index is 1330. The summed E-state index contributed by atoms with van der Waals surface area (Å²) in [6.45, 7) is 0. The molecule has 194 valence electrons. The van der Waals surface area contributed by atoms with Gasteiger partial charge in [-0.05, 0) is 47.5 Å². The molecule has 0 spiro atoms. The number of rotatable bonds is 7. The average Bonchev–Trinajstić information content (AvgIpc) is 2.92. The van der Waals surface area contributed by atoms with Gasteiger partial charge in [0.2, 0.25) is 0 Å². The van der Waals surface area contributed by atoms with E-state index in [9.17, 15) is 22.8 Å². The Kier molecular flexibility index (Phi) is 8.27. The third-order valence-electron chi connectivity index (χ3n) is 5.73. The van der Waals surface area contributed by atoms with Crippen molar-refractivity contribution in [1.82, 2.24) is 10.6 Å². The maximum atomic E-state index is 13.0. The van der Waals surface area contributed by atoms with Crippen molar-refractivity contribution in [3.63, 3.8) is 0 Å². The molecule has 4 aromatic rings. The van der Waals surface area contributed by atoms with Crippen LogP contribution in [0.4, 0.5) is 34.1 Å². The van der Waals surface area contributed by atoms with Gasteiger partial charge in [0.15, 0.2) is 0 Å². The zero-order valence-corrected chi connectivity index (χ0v) is 20.1. The van der Waals surface area contributed by atoms with Gasteiger partial charge in [0.1, 0.15) is 0 Å². The van der Waals surface area contributed by atoms with Gasteiger partial charge in [-0.3, -0.25) is 0 Å². The smallest absolute Gasteiger partial charge is 0.329 e. The highest BCUT2D eigenvalue weighted by Gasteiger charge is 2.31. The van der Waals surface area contributed by atoms with Crippen LogP contribution in [-0.2, 0) is 6.18 Å². The van der Waals surface area contributed by atoms with Gasteiger partial charge in [0.25, 0.3) is 0 Å². The van der Waals surface area contributed by atoms with Crippen LogP contribution in [0.1, 0.15) is 28.8 Å². The Morgan fingerprint density at radius 1 is 0.526 bits per heavy atom. The molecule has 4 N–H and O–H groups in total. The normalized spacial score (nSPS) is 12.6. The molecule has 0 aliphatic heterocycles. The number of nitrogens with one attached hydrogen (secondary N) is 4. The van der Waals surface area contributed by atoms with Gasteiger partial charge in [0, 0.05) is 11.4 Å². The topological polar surface area (TPSA) is 82.3 Å². The number of amides is 4. The maximum Gasteiger partial charge on any atom is 0.416 e. The molecular weight excluding hydrogens is 493 g/mol. The number of alkyl halides is 3. The van der Waals surface area contributed by atoms with E-state index in [-0.39, 0.29) is 5.69 Å². The second kappa shape index (κ2) is 12.0. The number of anilines is 2. The number of hydrogen-bond acceptors (Lipinski definition) is 2. The summed E-state index contributed by atoms with van der Waals surface area (Å²) in [7, 11) is 0. The molecule has 0 fully saturated rings. The first-order valence-corrected chi connectivity index (χ1v) is 11.8. The number of carbonyl (C=O) groups is 2. The van der Waals surface area contributed by atoms with Crippen molar-refractivity contribution in [3.05, 3.63) is 132 Å². The van der Waals surface area contributed by atoms with E-state index in [1.165, 1.54) is 12.1 Å². The van der Waals surface area contributed by atoms with Crippen LogP contribution in [0.5, 0.6) is 0 Å². The van der Waals surface area contributed by atoms with Crippen molar-refractivity contribution in [3.8, 4) is 0 Å². The Morgan fingerprint density at radius 2 is 0.895 bits per heavy atom. The number of hydrogen-bond donors (Lipinski definition) is 4. The molecule has 4 amide bonds. The molecule has 4 aromatic carbocycles. The minimum atomic E-state index is -4.48. The maximum absolute atomic E-state index is 13.0. The third kappa shape index (κ3) is 7.13. The molecule has 0 aliphatic rings. The van der Waals surface area contributed by atoms with Gasteiger partial charge in [-0.2, -0.15) is 13.2 Å². The van der Waals surface area contributed by atoms with Crippen LogP contribution in [0.15, 0.2) is 115 Å². The van der Waals surface area contributed by atoms with Crippen molar-refractivity contribution in [1.29, 1.82) is 0 Å². The van der Waals surface area contributed by atoms with E-state index in [4.69, 9.17) is 0 Å². The van der Waals surface area contributed by atoms with E-state index in [1.54, 1.807) is 24.3 Å². The van der Waals surface area contributed by atoms with Crippen LogP contribution in [0.3, 0.4) is 0 Å². The van der Waals surface area contributed by atoms with Crippen molar-refractivity contribution in [2.45, 2.75) is 18.3 Å². The first kappa shape index (κ1) is 26.3. The third-order valence-corrected chi connectivity index (χ3v) is 5.73. The summed E-state index contributed by atoms with van der Waals surface area (Å²) in [5.41, 5.74) is 1.42. The average molecular weight is 519 g/mol. The van der Waals surface area contributed by atoms with Crippen LogP contribution in [0, 0.1) is 0 Å². The SMILES string of the molecule is O=C(Nc1ccccc1)NC(c1ccccc1)C(NC(=O)Nc1ccc(C(F)(F)F)cc1)c1ccccc1. The molecular formula is C29H25F3N4O2. The Morgan fingerprint density at radius 3 is 1.29 bits per heavy atom. The highest BCUT2D eigenvalue weighted by atomic mass is 19.4. The molecule has 0 radical (unpaired) electrons. The second-order valence-electron chi connectivity index (χ2n) is 8.41. The Balaban J connectivity index is 1.59. The summed E-state index contributed by atoms with van der Waals surface area (Å²) in [5.74, 6) is 0. The van der Waals surface area contributed by atoms with Crippen molar-refractivity contribution in [2.75, 3.05) is 10.6 Å². The van der Waals surface area contributed by atoms with Gasteiger partial charge in [-0.1, -0.05) is 78.9 Å². The van der Waals surface area contributed by atoms with Crippen LogP contribution >= 0.6 is 0 Å². The van der Waals surface area contributed by atoms with Crippen molar-refractivity contribution in [2.24, 2.45) is 0 Å². The highest BCUT2D eigenvalue weighted by molar-refractivity contribution is 5.91. The standard InChI is InChI=1S/C29H25F3N4O2/c30-29(31,32)22-16-18-24(19-17-22)34-28(38)36-26(21-12-6-2-7-13-21)25(20-10-4-1-5-11-20)35-27(37)33-23-14-8-3-9-15-23/h1-19,25-26H,(H2,33,35,37)(H2,34,36,38). The van der Waals surface area contributed by atoms with E-state index >= 15 is 0 Å². The predicted octanol–water partition coefficient (Wildman–Crippen LogP) is 7.13. The van der Waals surface area contributed by atoms with E-state index in [0.717, 1.165) is 17.7 Å². The summed E-state index contributed by atoms with van der Waals surface area (Å²) in [6, 6.07) is 28.8. The monoisotopic (exact) mass is 518 g/mol. The Hall–Kier alpha value is -4.79. The number of carbonyl (C=O) groups excluding carboxylic acids is 2. The fourth-order valence-electron chi connectivity index (χ4n) is 3.92. The lowest BCUT2D eigenvalue weighted by Crippen LogP contribution is -2.43. The zero-order chi connectivity index (χ0) is 27.0. The fraction of sp³-hybridized carbons (Fsp3) is 0.103. The molecule has 9 heteroatoms. The molecule has 2 atom stereocenters. The minimum absolute atomic E-state index is 0.188. The molecule has 0 aromatic heterocycles. The molecule has 0 saturated carbocycles. The quantitative estimate of drug-likeness (QED) is 0.210. The van der Waals surface area contributed by atoms with Crippen LogP contribution in [0.2, 0.25) is 0 Å². The van der Waals surface area contributed by atoms with E-state index in [2.05, 4.69) is 21.3 Å². The van der Waals surface area contributed by atoms with Gasteiger partial charge < -0.3 is 21.3 Å². The fourth-order valence-corrected chi connectivity index (χ4v) is 3.92. The predicted molar refractivity (Wildman–Crippen MR) is 141 cm³/mol. The second-order valence-corrected chi connectivity index (χ2v) is 8.41. The molecule has 0 saturated heterocycles. The summed E-state index contributed by atoms with van der Waals surface area (Å²) < 4.78 is 38.7.